The van der Waals surface area contributed by atoms with Gasteiger partial charge in [0, 0.05) is 24.5 Å². The van der Waals surface area contributed by atoms with E-state index < -0.39 is 0 Å². The van der Waals surface area contributed by atoms with Crippen LogP contribution in [0.25, 0.3) is 16.8 Å². The molecule has 3 aromatic rings. The Bertz CT molecular complexity index is 825. The second kappa shape index (κ2) is 9.14. The number of rotatable bonds is 5. The van der Waals surface area contributed by atoms with Gasteiger partial charge in [-0.05, 0) is 59.6 Å². The van der Waals surface area contributed by atoms with Crippen molar-refractivity contribution in [3.8, 4) is 16.9 Å². The SMILES string of the molecule is Brc1cnn2cc(-c3ccc(OCCN4CCCC4)cc3)cnc12.CC. The van der Waals surface area contributed by atoms with Crippen LogP contribution in [0.4, 0.5) is 0 Å². The summed E-state index contributed by atoms with van der Waals surface area (Å²) in [6.45, 7) is 8.17. The molecule has 138 valence electrons. The molecule has 3 heterocycles. The van der Waals surface area contributed by atoms with E-state index in [1.165, 1.54) is 25.9 Å². The monoisotopic (exact) mass is 416 g/mol. The number of hydrogen-bond donors (Lipinski definition) is 0. The Kier molecular flexibility index (Phi) is 6.63. The quantitative estimate of drug-likeness (QED) is 0.606. The largest absolute Gasteiger partial charge is 0.492 e. The average molecular weight is 417 g/mol. The number of nitrogens with zero attached hydrogens (tertiary/aromatic N) is 4. The Morgan fingerprint density at radius 2 is 1.77 bits per heavy atom. The first kappa shape index (κ1) is 18.9. The molecule has 0 radical (unpaired) electrons. The van der Waals surface area contributed by atoms with Crippen LogP contribution < -0.4 is 4.74 Å². The number of likely N-dealkylation sites (tertiary alicyclic amines) is 1. The third-order valence-electron chi connectivity index (χ3n) is 4.38. The lowest BCUT2D eigenvalue weighted by atomic mass is 10.1. The lowest BCUT2D eigenvalue weighted by Gasteiger charge is -2.15. The first-order valence-corrected chi connectivity index (χ1v) is 10.0. The Morgan fingerprint density at radius 1 is 1.04 bits per heavy atom. The zero-order valence-electron chi connectivity index (χ0n) is 15.4. The van der Waals surface area contributed by atoms with Crippen molar-refractivity contribution in [2.45, 2.75) is 26.7 Å². The zero-order chi connectivity index (χ0) is 18.4. The van der Waals surface area contributed by atoms with Crippen LogP contribution in [0.2, 0.25) is 0 Å². The van der Waals surface area contributed by atoms with Crippen molar-refractivity contribution in [1.29, 1.82) is 0 Å². The van der Waals surface area contributed by atoms with Gasteiger partial charge in [-0.25, -0.2) is 9.50 Å². The first-order chi connectivity index (χ1) is 12.8. The summed E-state index contributed by atoms with van der Waals surface area (Å²) in [5.74, 6) is 0.911. The second-order valence-electron chi connectivity index (χ2n) is 6.02. The fraction of sp³-hybridized carbons (Fsp3) is 0.400. The van der Waals surface area contributed by atoms with Gasteiger partial charge in [-0.3, -0.25) is 4.90 Å². The van der Waals surface area contributed by atoms with Crippen LogP contribution in [0.5, 0.6) is 5.75 Å². The second-order valence-corrected chi connectivity index (χ2v) is 6.88. The van der Waals surface area contributed by atoms with Gasteiger partial charge in [0.15, 0.2) is 5.65 Å². The van der Waals surface area contributed by atoms with Crippen LogP contribution in [-0.4, -0.2) is 45.7 Å². The minimum atomic E-state index is 0.744. The van der Waals surface area contributed by atoms with Crippen LogP contribution in [0.3, 0.4) is 0 Å². The standard InChI is InChI=1S/C18H19BrN4O.C2H6/c19-17-12-21-23-13-15(11-20-18(17)23)14-3-5-16(6-4-14)24-10-9-22-7-1-2-8-22;1-2/h3-6,11-13H,1-2,7-10H2;1-2H3. The molecule has 1 aliphatic rings. The van der Waals surface area contributed by atoms with Gasteiger partial charge >= 0.3 is 0 Å². The minimum Gasteiger partial charge on any atom is -0.492 e. The van der Waals surface area contributed by atoms with Crippen molar-refractivity contribution >= 4 is 21.6 Å². The molecule has 0 unspecified atom stereocenters. The molecule has 1 aromatic carbocycles. The van der Waals surface area contributed by atoms with Crippen LogP contribution in [0, 0.1) is 0 Å². The molecule has 0 atom stereocenters. The Balaban J connectivity index is 0.000000948. The molecular formula is C20H25BrN4O. The van der Waals surface area contributed by atoms with Gasteiger partial charge in [0.1, 0.15) is 12.4 Å². The van der Waals surface area contributed by atoms with E-state index in [4.69, 9.17) is 4.74 Å². The molecule has 0 saturated carbocycles. The summed E-state index contributed by atoms with van der Waals surface area (Å²) >= 11 is 3.44. The average Bonchev–Trinajstić information content (AvgIpc) is 3.34. The fourth-order valence-corrected chi connectivity index (χ4v) is 3.41. The van der Waals surface area contributed by atoms with Crippen molar-refractivity contribution in [3.63, 3.8) is 0 Å². The predicted octanol–water partition coefficient (Wildman–Crippen LogP) is 4.66. The first-order valence-electron chi connectivity index (χ1n) is 9.24. The molecular weight excluding hydrogens is 392 g/mol. The van der Waals surface area contributed by atoms with Crippen LogP contribution in [0.1, 0.15) is 26.7 Å². The van der Waals surface area contributed by atoms with E-state index in [-0.39, 0.29) is 0 Å². The molecule has 0 aliphatic carbocycles. The van der Waals surface area contributed by atoms with Crippen molar-refractivity contribution in [3.05, 3.63) is 47.3 Å². The molecule has 5 nitrogen and oxygen atoms in total. The van der Waals surface area contributed by atoms with Gasteiger partial charge in [0.25, 0.3) is 0 Å². The highest BCUT2D eigenvalue weighted by Crippen LogP contribution is 2.23. The Labute approximate surface area is 163 Å². The lowest BCUT2D eigenvalue weighted by molar-refractivity contribution is 0.238. The van der Waals surface area contributed by atoms with Crippen molar-refractivity contribution in [2.24, 2.45) is 0 Å². The van der Waals surface area contributed by atoms with Gasteiger partial charge in [0.2, 0.25) is 0 Å². The van der Waals surface area contributed by atoms with E-state index in [9.17, 15) is 0 Å². The number of fused-ring (bicyclic) bond motifs is 1. The van der Waals surface area contributed by atoms with Gasteiger partial charge < -0.3 is 4.74 Å². The molecule has 1 aliphatic heterocycles. The lowest BCUT2D eigenvalue weighted by Crippen LogP contribution is -2.25. The molecule has 1 saturated heterocycles. The highest BCUT2D eigenvalue weighted by atomic mass is 79.9. The van der Waals surface area contributed by atoms with Crippen molar-refractivity contribution in [2.75, 3.05) is 26.2 Å². The normalized spacial score (nSPS) is 14.3. The third-order valence-corrected chi connectivity index (χ3v) is 4.94. The van der Waals surface area contributed by atoms with E-state index in [2.05, 4.69) is 43.0 Å². The smallest absolute Gasteiger partial charge is 0.169 e. The number of benzene rings is 1. The van der Waals surface area contributed by atoms with Gasteiger partial charge in [0.05, 0.1) is 10.7 Å². The fourth-order valence-electron chi connectivity index (χ4n) is 3.04. The summed E-state index contributed by atoms with van der Waals surface area (Å²) in [4.78, 5) is 6.91. The zero-order valence-corrected chi connectivity index (χ0v) is 16.9. The van der Waals surface area contributed by atoms with Gasteiger partial charge in [-0.15, -0.1) is 0 Å². The van der Waals surface area contributed by atoms with Crippen LogP contribution >= 0.6 is 15.9 Å². The van der Waals surface area contributed by atoms with Crippen molar-refractivity contribution < 1.29 is 4.74 Å². The molecule has 0 amide bonds. The Morgan fingerprint density at radius 3 is 2.50 bits per heavy atom. The van der Waals surface area contributed by atoms with E-state index in [1.54, 1.807) is 10.7 Å². The highest BCUT2D eigenvalue weighted by Gasteiger charge is 2.11. The summed E-state index contributed by atoms with van der Waals surface area (Å²) in [5.41, 5.74) is 2.95. The molecule has 26 heavy (non-hydrogen) atoms. The summed E-state index contributed by atoms with van der Waals surface area (Å²) in [7, 11) is 0. The number of ether oxygens (including phenoxy) is 1. The molecule has 2 aromatic heterocycles. The molecule has 4 rings (SSSR count). The number of aromatic nitrogens is 3. The molecule has 0 spiro atoms. The maximum absolute atomic E-state index is 5.85. The molecule has 0 N–H and O–H groups in total. The van der Waals surface area contributed by atoms with E-state index >= 15 is 0 Å². The van der Waals surface area contributed by atoms with Crippen LogP contribution in [-0.2, 0) is 0 Å². The summed E-state index contributed by atoms with van der Waals surface area (Å²) in [5, 5.41) is 4.28. The molecule has 0 bridgehead atoms. The highest BCUT2D eigenvalue weighted by molar-refractivity contribution is 9.10. The van der Waals surface area contributed by atoms with Gasteiger partial charge in [-0.1, -0.05) is 26.0 Å². The van der Waals surface area contributed by atoms with Gasteiger partial charge in [-0.2, -0.15) is 5.10 Å². The van der Waals surface area contributed by atoms with E-state index in [0.717, 1.165) is 40.1 Å². The van der Waals surface area contributed by atoms with E-state index in [1.807, 2.05) is 38.4 Å². The topological polar surface area (TPSA) is 42.7 Å². The predicted molar refractivity (Wildman–Crippen MR) is 109 cm³/mol. The summed E-state index contributed by atoms with van der Waals surface area (Å²) in [6.07, 6.45) is 8.24. The molecule has 1 fully saturated rings. The minimum absolute atomic E-state index is 0.744. The third kappa shape index (κ3) is 4.43. The number of hydrogen-bond acceptors (Lipinski definition) is 4. The van der Waals surface area contributed by atoms with Crippen LogP contribution in [0.15, 0.2) is 47.3 Å². The van der Waals surface area contributed by atoms with E-state index in [0.29, 0.717) is 0 Å². The summed E-state index contributed by atoms with van der Waals surface area (Å²) < 4.78 is 8.53. The molecule has 6 heteroatoms. The number of halogens is 1. The Hall–Kier alpha value is -1.92. The maximum Gasteiger partial charge on any atom is 0.169 e. The maximum atomic E-state index is 5.85. The van der Waals surface area contributed by atoms with Crippen molar-refractivity contribution in [1.82, 2.24) is 19.5 Å². The summed E-state index contributed by atoms with van der Waals surface area (Å²) in [6, 6.07) is 8.16.